The van der Waals surface area contributed by atoms with Crippen LogP contribution in [-0.2, 0) is 0 Å². The van der Waals surface area contributed by atoms with E-state index in [1.165, 1.54) is 6.07 Å². The number of aromatic nitrogens is 1. The van der Waals surface area contributed by atoms with E-state index in [1.54, 1.807) is 18.3 Å². The number of carbonyl (C=O) groups is 1. The number of anilines is 1. The average molecular weight is 358 g/mol. The van der Waals surface area contributed by atoms with E-state index in [-0.39, 0.29) is 5.56 Å². The maximum Gasteiger partial charge on any atom is 0.260 e. The molecule has 0 atom stereocenters. The number of aromatic hydroxyl groups is 1. The number of phenolic OH excluding ortho intramolecular Hbond substituents is 1. The highest BCUT2D eigenvalue weighted by Crippen LogP contribution is 2.19. The standard InChI is InChI=1S/C12H8FIN2O2/c13-7-1-3-9(10(17)5-7)12(18)16-11-4-2-8(14)6-15-11/h1-6,17H,(H,15,16,18). The number of halogens is 2. The lowest BCUT2D eigenvalue weighted by Gasteiger charge is -2.06. The Hall–Kier alpha value is -1.70. The molecule has 2 aromatic rings. The first-order valence-electron chi connectivity index (χ1n) is 4.97. The molecule has 1 aromatic heterocycles. The van der Waals surface area contributed by atoms with Gasteiger partial charge < -0.3 is 10.4 Å². The zero-order chi connectivity index (χ0) is 13.1. The number of rotatable bonds is 2. The number of benzene rings is 1. The number of carbonyl (C=O) groups excluding carboxylic acids is 1. The van der Waals surface area contributed by atoms with E-state index in [9.17, 15) is 14.3 Å². The summed E-state index contributed by atoms with van der Waals surface area (Å²) in [6.45, 7) is 0. The van der Waals surface area contributed by atoms with Crippen molar-refractivity contribution in [2.45, 2.75) is 0 Å². The van der Waals surface area contributed by atoms with Gasteiger partial charge in [-0.1, -0.05) is 0 Å². The minimum atomic E-state index is -0.601. The fourth-order valence-electron chi connectivity index (χ4n) is 1.33. The van der Waals surface area contributed by atoms with Crippen LogP contribution in [0.15, 0.2) is 36.5 Å². The summed E-state index contributed by atoms with van der Waals surface area (Å²) in [6, 6.07) is 6.63. The molecule has 0 aliphatic heterocycles. The van der Waals surface area contributed by atoms with E-state index in [0.29, 0.717) is 5.82 Å². The van der Waals surface area contributed by atoms with Crippen molar-refractivity contribution in [2.75, 3.05) is 5.32 Å². The highest BCUT2D eigenvalue weighted by molar-refractivity contribution is 14.1. The lowest BCUT2D eigenvalue weighted by molar-refractivity contribution is 0.102. The molecule has 18 heavy (non-hydrogen) atoms. The van der Waals surface area contributed by atoms with Gasteiger partial charge in [-0.2, -0.15) is 0 Å². The molecule has 1 amide bonds. The second kappa shape index (κ2) is 5.30. The molecule has 1 aromatic carbocycles. The SMILES string of the molecule is O=C(Nc1ccc(I)cn1)c1ccc(F)cc1O. The number of pyridine rings is 1. The molecule has 1 heterocycles. The molecule has 0 fully saturated rings. The van der Waals surface area contributed by atoms with Crippen LogP contribution in [0, 0.1) is 9.39 Å². The number of nitrogens with zero attached hydrogens (tertiary/aromatic N) is 1. The normalized spacial score (nSPS) is 10.1. The number of hydrogen-bond donors (Lipinski definition) is 2. The van der Waals surface area contributed by atoms with Gasteiger partial charge in [0.05, 0.1) is 5.56 Å². The van der Waals surface area contributed by atoms with Crippen molar-refractivity contribution in [3.63, 3.8) is 0 Å². The number of nitrogens with one attached hydrogen (secondary N) is 1. The summed E-state index contributed by atoms with van der Waals surface area (Å²) < 4.78 is 13.7. The molecule has 6 heteroatoms. The Labute approximate surface area is 116 Å². The number of phenols is 1. The van der Waals surface area contributed by atoms with Crippen LogP contribution < -0.4 is 5.32 Å². The molecule has 0 bridgehead atoms. The lowest BCUT2D eigenvalue weighted by atomic mass is 10.2. The van der Waals surface area contributed by atoms with Crippen molar-refractivity contribution in [3.8, 4) is 5.75 Å². The van der Waals surface area contributed by atoms with Gasteiger partial charge in [0, 0.05) is 15.8 Å². The fraction of sp³-hybridized carbons (Fsp3) is 0. The zero-order valence-corrected chi connectivity index (χ0v) is 11.2. The highest BCUT2D eigenvalue weighted by atomic mass is 127. The average Bonchev–Trinajstić information content (AvgIpc) is 2.32. The van der Waals surface area contributed by atoms with Gasteiger partial charge in [-0.05, 0) is 46.9 Å². The molecule has 2 N–H and O–H groups in total. The third-order valence-corrected chi connectivity index (χ3v) is 2.81. The van der Waals surface area contributed by atoms with Crippen LogP contribution in [0.25, 0.3) is 0 Å². The van der Waals surface area contributed by atoms with Crippen molar-refractivity contribution in [1.29, 1.82) is 0 Å². The van der Waals surface area contributed by atoms with Gasteiger partial charge >= 0.3 is 0 Å². The monoisotopic (exact) mass is 358 g/mol. The Kier molecular flexibility index (Phi) is 3.75. The van der Waals surface area contributed by atoms with Gasteiger partial charge in [-0.25, -0.2) is 9.37 Å². The number of amides is 1. The molecule has 0 unspecified atom stereocenters. The molecule has 0 radical (unpaired) electrons. The van der Waals surface area contributed by atoms with Crippen molar-refractivity contribution in [3.05, 3.63) is 51.5 Å². The largest absolute Gasteiger partial charge is 0.507 e. The molecule has 92 valence electrons. The van der Waals surface area contributed by atoms with Crippen LogP contribution >= 0.6 is 22.6 Å². The second-order valence-corrected chi connectivity index (χ2v) is 4.72. The molecule has 0 saturated heterocycles. The van der Waals surface area contributed by atoms with E-state index in [4.69, 9.17) is 0 Å². The molecule has 0 spiro atoms. The van der Waals surface area contributed by atoms with Crippen LogP contribution in [0.2, 0.25) is 0 Å². The Bertz CT molecular complexity index is 587. The Morgan fingerprint density at radius 3 is 2.72 bits per heavy atom. The first-order valence-corrected chi connectivity index (χ1v) is 6.05. The van der Waals surface area contributed by atoms with E-state index in [1.807, 2.05) is 0 Å². The van der Waals surface area contributed by atoms with Gasteiger partial charge in [0.25, 0.3) is 5.91 Å². The predicted octanol–water partition coefficient (Wildman–Crippen LogP) is 2.78. The smallest absolute Gasteiger partial charge is 0.260 e. The minimum Gasteiger partial charge on any atom is -0.507 e. The maximum atomic E-state index is 12.8. The van der Waals surface area contributed by atoms with Crippen LogP contribution in [0.5, 0.6) is 5.75 Å². The summed E-state index contributed by atoms with van der Waals surface area (Å²) in [5, 5.41) is 12.0. The highest BCUT2D eigenvalue weighted by Gasteiger charge is 2.12. The van der Waals surface area contributed by atoms with Crippen molar-refractivity contribution >= 4 is 34.3 Å². The van der Waals surface area contributed by atoms with Gasteiger partial charge in [-0.15, -0.1) is 0 Å². The first-order chi connectivity index (χ1) is 8.56. The van der Waals surface area contributed by atoms with Gasteiger partial charge in [0.15, 0.2) is 0 Å². The molecule has 2 rings (SSSR count). The van der Waals surface area contributed by atoms with Gasteiger partial charge in [0.1, 0.15) is 17.4 Å². The molecular weight excluding hydrogens is 350 g/mol. The summed E-state index contributed by atoms with van der Waals surface area (Å²) in [5.41, 5.74) is -0.00301. The molecule has 4 nitrogen and oxygen atoms in total. The van der Waals surface area contributed by atoms with Crippen molar-refractivity contribution in [1.82, 2.24) is 4.98 Å². The Balaban J connectivity index is 2.19. The van der Waals surface area contributed by atoms with E-state index >= 15 is 0 Å². The topological polar surface area (TPSA) is 62.2 Å². The van der Waals surface area contributed by atoms with Crippen molar-refractivity contribution < 1.29 is 14.3 Å². The summed E-state index contributed by atoms with van der Waals surface area (Å²) >= 11 is 2.09. The summed E-state index contributed by atoms with van der Waals surface area (Å²) in [7, 11) is 0. The third-order valence-electron chi connectivity index (χ3n) is 2.17. The predicted molar refractivity (Wildman–Crippen MR) is 73.0 cm³/mol. The zero-order valence-electron chi connectivity index (χ0n) is 9.02. The summed E-state index contributed by atoms with van der Waals surface area (Å²) in [5.74, 6) is -1.18. The fourth-order valence-corrected chi connectivity index (χ4v) is 1.65. The lowest BCUT2D eigenvalue weighted by Crippen LogP contribution is -2.13. The molecular formula is C12H8FIN2O2. The third kappa shape index (κ3) is 2.95. The second-order valence-electron chi connectivity index (χ2n) is 3.48. The van der Waals surface area contributed by atoms with Crippen molar-refractivity contribution in [2.24, 2.45) is 0 Å². The minimum absolute atomic E-state index is 0.00301. The van der Waals surface area contributed by atoms with Gasteiger partial charge in [-0.3, -0.25) is 4.79 Å². The maximum absolute atomic E-state index is 12.8. The van der Waals surface area contributed by atoms with Crippen LogP contribution in [-0.4, -0.2) is 16.0 Å². The van der Waals surface area contributed by atoms with Crippen LogP contribution in [0.3, 0.4) is 0 Å². The summed E-state index contributed by atoms with van der Waals surface area (Å²) in [6.07, 6.45) is 1.60. The molecule has 0 saturated carbocycles. The van der Waals surface area contributed by atoms with Crippen LogP contribution in [0.4, 0.5) is 10.2 Å². The summed E-state index contributed by atoms with van der Waals surface area (Å²) in [4.78, 5) is 15.8. The van der Waals surface area contributed by atoms with Gasteiger partial charge in [0.2, 0.25) is 0 Å². The van der Waals surface area contributed by atoms with E-state index in [2.05, 4.69) is 32.9 Å². The number of hydrogen-bond acceptors (Lipinski definition) is 3. The first kappa shape index (κ1) is 12.7. The molecule has 0 aliphatic carbocycles. The molecule has 0 aliphatic rings. The quantitative estimate of drug-likeness (QED) is 0.812. The van der Waals surface area contributed by atoms with Crippen LogP contribution in [0.1, 0.15) is 10.4 Å². The Morgan fingerprint density at radius 1 is 1.33 bits per heavy atom. The van der Waals surface area contributed by atoms with E-state index in [0.717, 1.165) is 15.7 Å². The van der Waals surface area contributed by atoms with E-state index < -0.39 is 17.5 Å². The Morgan fingerprint density at radius 2 is 2.11 bits per heavy atom.